The molecule has 4 heteroatoms. The van der Waals surface area contributed by atoms with Crippen LogP contribution in [-0.2, 0) is 7.05 Å². The molecule has 0 saturated carbocycles. The van der Waals surface area contributed by atoms with Crippen molar-refractivity contribution in [3.63, 3.8) is 0 Å². The highest BCUT2D eigenvalue weighted by Gasteiger charge is 2.20. The molecule has 0 fully saturated rings. The number of aromatic nitrogens is 2. The summed E-state index contributed by atoms with van der Waals surface area (Å²) >= 11 is 0. The van der Waals surface area contributed by atoms with E-state index >= 15 is 0 Å². The minimum absolute atomic E-state index is 0.108. The Bertz CT molecular complexity index is 495. The highest BCUT2D eigenvalue weighted by Crippen LogP contribution is 2.17. The van der Waals surface area contributed by atoms with E-state index in [-0.39, 0.29) is 5.78 Å². The average Bonchev–Trinajstić information content (AvgIpc) is 2.76. The molecule has 0 radical (unpaired) electrons. The first kappa shape index (κ1) is 9.71. The van der Waals surface area contributed by atoms with Gasteiger partial charge in [-0.2, -0.15) is 5.10 Å². The van der Waals surface area contributed by atoms with E-state index in [1.54, 1.807) is 16.8 Å². The van der Waals surface area contributed by atoms with Crippen molar-refractivity contribution in [3.8, 4) is 0 Å². The Morgan fingerprint density at radius 2 is 2.20 bits per heavy atom. The van der Waals surface area contributed by atoms with Gasteiger partial charge in [-0.25, -0.2) is 0 Å². The van der Waals surface area contributed by atoms with Crippen molar-refractivity contribution in [2.24, 2.45) is 7.05 Å². The molecule has 2 heterocycles. The summed E-state index contributed by atoms with van der Waals surface area (Å²) in [4.78, 5) is 12.0. The second-order valence-corrected chi connectivity index (χ2v) is 3.48. The summed E-state index contributed by atoms with van der Waals surface area (Å²) in [5.74, 6) is 0.248. The third kappa shape index (κ3) is 1.48. The van der Waals surface area contributed by atoms with Gasteiger partial charge in [-0.3, -0.25) is 9.48 Å². The van der Waals surface area contributed by atoms with Gasteiger partial charge < -0.3 is 4.42 Å². The molecule has 0 amide bonds. The first-order valence-corrected chi connectivity index (χ1v) is 4.69. The molecular formula is C11H12N2O2. The van der Waals surface area contributed by atoms with Crippen molar-refractivity contribution in [2.45, 2.75) is 13.8 Å². The second kappa shape index (κ2) is 3.38. The van der Waals surface area contributed by atoms with Gasteiger partial charge in [0, 0.05) is 12.7 Å². The van der Waals surface area contributed by atoms with Gasteiger partial charge in [-0.1, -0.05) is 0 Å². The highest BCUT2D eigenvalue weighted by atomic mass is 16.3. The molecular weight excluding hydrogens is 192 g/mol. The van der Waals surface area contributed by atoms with Crippen molar-refractivity contribution in [1.29, 1.82) is 0 Å². The van der Waals surface area contributed by atoms with Gasteiger partial charge in [0.2, 0.25) is 5.78 Å². The molecule has 15 heavy (non-hydrogen) atoms. The van der Waals surface area contributed by atoms with Crippen molar-refractivity contribution in [3.05, 3.63) is 41.1 Å². The zero-order chi connectivity index (χ0) is 11.0. The number of hydrogen-bond acceptors (Lipinski definition) is 3. The Morgan fingerprint density at radius 3 is 2.67 bits per heavy atom. The van der Waals surface area contributed by atoms with E-state index in [0.29, 0.717) is 11.3 Å². The van der Waals surface area contributed by atoms with Crippen molar-refractivity contribution < 1.29 is 9.21 Å². The monoisotopic (exact) mass is 204 g/mol. The Hall–Kier alpha value is -1.84. The number of carbonyl (C=O) groups is 1. The van der Waals surface area contributed by atoms with Crippen molar-refractivity contribution >= 4 is 5.78 Å². The molecule has 0 N–H and O–H groups in total. The van der Waals surface area contributed by atoms with Crippen LogP contribution in [0.1, 0.15) is 27.5 Å². The molecule has 0 saturated heterocycles. The summed E-state index contributed by atoms with van der Waals surface area (Å²) in [5.41, 5.74) is 2.22. The zero-order valence-corrected chi connectivity index (χ0v) is 8.94. The van der Waals surface area contributed by atoms with Gasteiger partial charge in [-0.15, -0.1) is 0 Å². The molecule has 0 aromatic carbocycles. The van der Waals surface area contributed by atoms with E-state index in [2.05, 4.69) is 5.10 Å². The molecule has 0 aliphatic carbocycles. The minimum Gasteiger partial charge on any atom is -0.461 e. The molecule has 0 spiro atoms. The van der Waals surface area contributed by atoms with Gasteiger partial charge in [0.1, 0.15) is 0 Å². The van der Waals surface area contributed by atoms with Crippen LogP contribution in [0.5, 0.6) is 0 Å². The van der Waals surface area contributed by atoms with Gasteiger partial charge in [0.25, 0.3) is 0 Å². The van der Waals surface area contributed by atoms with Crippen molar-refractivity contribution in [1.82, 2.24) is 9.78 Å². The fourth-order valence-electron chi connectivity index (χ4n) is 1.63. The van der Waals surface area contributed by atoms with Crippen LogP contribution >= 0.6 is 0 Å². The number of carbonyl (C=O) groups excluding carboxylic acids is 1. The Labute approximate surface area is 87.5 Å². The fraction of sp³-hybridized carbons (Fsp3) is 0.273. The van der Waals surface area contributed by atoms with Crippen LogP contribution in [0.3, 0.4) is 0 Å². The van der Waals surface area contributed by atoms with E-state index in [1.165, 1.54) is 6.26 Å². The summed E-state index contributed by atoms with van der Waals surface area (Å²) in [7, 11) is 1.82. The Morgan fingerprint density at radius 1 is 1.47 bits per heavy atom. The summed E-state index contributed by atoms with van der Waals surface area (Å²) in [5, 5.41) is 4.20. The number of aryl methyl sites for hydroxylation is 2. The minimum atomic E-state index is -0.108. The summed E-state index contributed by atoms with van der Waals surface area (Å²) < 4.78 is 6.78. The van der Waals surface area contributed by atoms with E-state index in [0.717, 1.165) is 11.4 Å². The summed E-state index contributed by atoms with van der Waals surface area (Å²) in [6.45, 7) is 3.69. The quantitative estimate of drug-likeness (QED) is 0.701. The van der Waals surface area contributed by atoms with Crippen LogP contribution in [0.15, 0.2) is 22.8 Å². The average molecular weight is 204 g/mol. The highest BCUT2D eigenvalue weighted by molar-refractivity contribution is 6.08. The molecule has 4 nitrogen and oxygen atoms in total. The van der Waals surface area contributed by atoms with Crippen LogP contribution in [0.4, 0.5) is 0 Å². The van der Waals surface area contributed by atoms with Gasteiger partial charge in [0.05, 0.1) is 17.5 Å². The summed E-state index contributed by atoms with van der Waals surface area (Å²) in [6.07, 6.45) is 1.49. The molecule has 2 aromatic heterocycles. The third-order valence-electron chi connectivity index (χ3n) is 2.48. The van der Waals surface area contributed by atoms with E-state index in [4.69, 9.17) is 4.42 Å². The number of hydrogen-bond donors (Lipinski definition) is 0. The molecule has 0 atom stereocenters. The predicted octanol–water partition coefficient (Wildman–Crippen LogP) is 1.86. The maximum Gasteiger partial charge on any atom is 0.231 e. The molecule has 0 aliphatic rings. The van der Waals surface area contributed by atoms with Gasteiger partial charge >= 0.3 is 0 Å². The number of ketones is 1. The molecule has 78 valence electrons. The van der Waals surface area contributed by atoms with Gasteiger partial charge in [0.15, 0.2) is 5.76 Å². The third-order valence-corrected chi connectivity index (χ3v) is 2.48. The van der Waals surface area contributed by atoms with E-state index in [9.17, 15) is 4.79 Å². The second-order valence-electron chi connectivity index (χ2n) is 3.48. The topological polar surface area (TPSA) is 48.0 Å². The lowest BCUT2D eigenvalue weighted by Crippen LogP contribution is -2.03. The van der Waals surface area contributed by atoms with Crippen LogP contribution in [0, 0.1) is 13.8 Å². The lowest BCUT2D eigenvalue weighted by atomic mass is 10.1. The van der Waals surface area contributed by atoms with Crippen LogP contribution in [0.2, 0.25) is 0 Å². The normalized spacial score (nSPS) is 10.6. The molecule has 0 aliphatic heterocycles. The summed E-state index contributed by atoms with van der Waals surface area (Å²) in [6, 6.07) is 3.36. The van der Waals surface area contributed by atoms with Crippen LogP contribution < -0.4 is 0 Å². The largest absolute Gasteiger partial charge is 0.461 e. The van der Waals surface area contributed by atoms with E-state index < -0.39 is 0 Å². The number of rotatable bonds is 2. The first-order chi connectivity index (χ1) is 7.11. The maximum atomic E-state index is 12.0. The van der Waals surface area contributed by atoms with Gasteiger partial charge in [-0.05, 0) is 26.0 Å². The molecule has 0 unspecified atom stereocenters. The maximum absolute atomic E-state index is 12.0. The Kier molecular flexibility index (Phi) is 2.19. The number of nitrogens with zero attached hydrogens (tertiary/aromatic N) is 2. The fourth-order valence-corrected chi connectivity index (χ4v) is 1.63. The standard InChI is InChI=1S/C11H12N2O2/c1-7-10(8(2)13(3)12-7)11(14)9-5-4-6-15-9/h4-6H,1-3H3. The number of furan rings is 1. The predicted molar refractivity (Wildman–Crippen MR) is 54.8 cm³/mol. The van der Waals surface area contributed by atoms with Crippen LogP contribution in [0.25, 0.3) is 0 Å². The first-order valence-electron chi connectivity index (χ1n) is 4.69. The molecule has 0 bridgehead atoms. The smallest absolute Gasteiger partial charge is 0.231 e. The SMILES string of the molecule is Cc1nn(C)c(C)c1C(=O)c1ccco1. The molecule has 2 aromatic rings. The molecule has 2 rings (SSSR count). The lowest BCUT2D eigenvalue weighted by Gasteiger charge is -1.97. The van der Waals surface area contributed by atoms with Crippen LogP contribution in [-0.4, -0.2) is 15.6 Å². The van der Waals surface area contributed by atoms with E-state index in [1.807, 2.05) is 20.9 Å². The lowest BCUT2D eigenvalue weighted by molar-refractivity contribution is 0.101. The Balaban J connectivity index is 2.51. The zero-order valence-electron chi connectivity index (χ0n) is 8.94. The van der Waals surface area contributed by atoms with Crippen molar-refractivity contribution in [2.75, 3.05) is 0 Å².